The maximum Gasteiger partial charge on any atom is 0.308 e. The van der Waals surface area contributed by atoms with E-state index in [9.17, 15) is 14.7 Å². The van der Waals surface area contributed by atoms with Crippen molar-refractivity contribution in [1.82, 2.24) is 15.1 Å². The molecule has 0 bridgehead atoms. The van der Waals surface area contributed by atoms with Crippen molar-refractivity contribution in [2.24, 2.45) is 11.8 Å². The highest BCUT2D eigenvalue weighted by Gasteiger charge is 2.41. The van der Waals surface area contributed by atoms with Crippen LogP contribution < -0.4 is 10.2 Å². The monoisotopic (exact) mass is 436 g/mol. The number of hydrogen-bond acceptors (Lipinski definition) is 5. The first kappa shape index (κ1) is 22.3. The molecule has 0 aromatic heterocycles. The predicted octanol–water partition coefficient (Wildman–Crippen LogP) is 1.89. The Bertz CT molecular complexity index is 911. The molecule has 2 aliphatic rings. The first-order chi connectivity index (χ1) is 15.5. The van der Waals surface area contributed by atoms with Crippen molar-refractivity contribution >= 4 is 17.6 Å². The smallest absolute Gasteiger partial charge is 0.308 e. The Morgan fingerprint density at radius 2 is 1.56 bits per heavy atom. The van der Waals surface area contributed by atoms with Crippen molar-refractivity contribution in [2.45, 2.75) is 13.1 Å². The van der Waals surface area contributed by atoms with Gasteiger partial charge >= 0.3 is 5.97 Å². The number of likely N-dealkylation sites (tertiary alicyclic amines) is 1. The number of nitrogens with one attached hydrogen (secondary N) is 1. The van der Waals surface area contributed by atoms with Gasteiger partial charge in [0.25, 0.3) is 0 Å². The Kier molecular flexibility index (Phi) is 7.07. The summed E-state index contributed by atoms with van der Waals surface area (Å²) in [6, 6.07) is 18.2. The largest absolute Gasteiger partial charge is 0.481 e. The number of carbonyl (C=O) groups excluding carboxylic acids is 1. The van der Waals surface area contributed by atoms with Crippen molar-refractivity contribution in [3.8, 4) is 0 Å². The number of likely N-dealkylation sites (N-methyl/N-ethyl adjacent to an activating group) is 1. The molecule has 4 rings (SSSR count). The van der Waals surface area contributed by atoms with Crippen LogP contribution in [0, 0.1) is 11.8 Å². The van der Waals surface area contributed by atoms with Gasteiger partial charge in [0.05, 0.1) is 11.8 Å². The minimum Gasteiger partial charge on any atom is -0.481 e. The summed E-state index contributed by atoms with van der Waals surface area (Å²) in [5.41, 5.74) is 3.34. The molecule has 2 unspecified atom stereocenters. The van der Waals surface area contributed by atoms with E-state index in [2.05, 4.69) is 39.2 Å². The lowest BCUT2D eigenvalue weighted by molar-refractivity contribution is -0.145. The second-order valence-corrected chi connectivity index (χ2v) is 8.91. The van der Waals surface area contributed by atoms with E-state index >= 15 is 0 Å². The van der Waals surface area contributed by atoms with Crippen molar-refractivity contribution in [3.63, 3.8) is 0 Å². The molecule has 2 aromatic carbocycles. The number of nitrogens with zero attached hydrogens (tertiary/aromatic N) is 3. The van der Waals surface area contributed by atoms with Crippen LogP contribution in [-0.4, -0.2) is 73.1 Å². The zero-order chi connectivity index (χ0) is 22.5. The van der Waals surface area contributed by atoms with Gasteiger partial charge in [0.1, 0.15) is 0 Å². The molecule has 0 saturated carbocycles. The van der Waals surface area contributed by atoms with Gasteiger partial charge in [-0.15, -0.1) is 0 Å². The lowest BCUT2D eigenvalue weighted by Gasteiger charge is -2.34. The van der Waals surface area contributed by atoms with Gasteiger partial charge in [-0.05, 0) is 30.3 Å². The Hall–Kier alpha value is -2.90. The number of amides is 1. The molecule has 2 fully saturated rings. The van der Waals surface area contributed by atoms with E-state index in [1.807, 2.05) is 42.5 Å². The van der Waals surface area contributed by atoms with Gasteiger partial charge in [0, 0.05) is 58.0 Å². The molecule has 7 nitrogen and oxygen atoms in total. The van der Waals surface area contributed by atoms with Crippen molar-refractivity contribution in [2.75, 3.05) is 51.2 Å². The summed E-state index contributed by atoms with van der Waals surface area (Å²) in [7, 11) is 2.14. The number of carboxylic acid groups (broad SMARTS) is 1. The minimum absolute atomic E-state index is 0.184. The summed E-state index contributed by atoms with van der Waals surface area (Å²) in [4.78, 5) is 31.4. The number of hydrogen-bond donors (Lipinski definition) is 2. The Labute approximate surface area is 189 Å². The molecule has 0 spiro atoms. The lowest BCUT2D eigenvalue weighted by Crippen LogP contribution is -2.44. The molecule has 32 heavy (non-hydrogen) atoms. The number of carbonyl (C=O) groups is 2. The van der Waals surface area contributed by atoms with Crippen LogP contribution in [0.25, 0.3) is 0 Å². The van der Waals surface area contributed by atoms with E-state index in [1.165, 1.54) is 5.69 Å². The molecular formula is C25H32N4O3. The van der Waals surface area contributed by atoms with E-state index < -0.39 is 17.8 Å². The summed E-state index contributed by atoms with van der Waals surface area (Å²) < 4.78 is 0. The maximum atomic E-state index is 12.9. The third-order valence-electron chi connectivity index (χ3n) is 6.57. The highest BCUT2D eigenvalue weighted by molar-refractivity contribution is 5.85. The Morgan fingerprint density at radius 1 is 0.906 bits per heavy atom. The van der Waals surface area contributed by atoms with Gasteiger partial charge in [0.2, 0.25) is 5.91 Å². The fraction of sp³-hybridized carbons (Fsp3) is 0.440. The van der Waals surface area contributed by atoms with Crippen LogP contribution in [0.15, 0.2) is 54.6 Å². The molecular weight excluding hydrogens is 404 g/mol. The molecule has 2 heterocycles. The minimum atomic E-state index is -0.905. The summed E-state index contributed by atoms with van der Waals surface area (Å²) in [5, 5.41) is 12.6. The molecule has 2 aliphatic heterocycles. The van der Waals surface area contributed by atoms with Crippen molar-refractivity contribution in [1.29, 1.82) is 0 Å². The molecule has 2 saturated heterocycles. The molecule has 0 radical (unpaired) electrons. The molecule has 2 atom stereocenters. The van der Waals surface area contributed by atoms with Gasteiger partial charge in [-0.1, -0.05) is 42.5 Å². The van der Waals surface area contributed by atoms with E-state index in [4.69, 9.17) is 0 Å². The molecule has 2 aromatic rings. The number of anilines is 1. The summed E-state index contributed by atoms with van der Waals surface area (Å²) in [6.45, 7) is 6.07. The maximum absolute atomic E-state index is 12.9. The van der Waals surface area contributed by atoms with Crippen LogP contribution in [0.2, 0.25) is 0 Å². The zero-order valence-corrected chi connectivity index (χ0v) is 18.6. The molecule has 7 heteroatoms. The van der Waals surface area contributed by atoms with E-state index in [0.29, 0.717) is 26.2 Å². The second kappa shape index (κ2) is 10.1. The number of carboxylic acids is 1. The first-order valence-corrected chi connectivity index (χ1v) is 11.3. The third kappa shape index (κ3) is 5.47. The van der Waals surface area contributed by atoms with Crippen molar-refractivity contribution < 1.29 is 14.7 Å². The Morgan fingerprint density at radius 3 is 2.22 bits per heavy atom. The summed E-state index contributed by atoms with van der Waals surface area (Å²) in [5.74, 6) is -2.31. The van der Waals surface area contributed by atoms with Crippen LogP contribution in [-0.2, 0) is 22.7 Å². The van der Waals surface area contributed by atoms with Crippen LogP contribution in [0.1, 0.15) is 11.1 Å². The van der Waals surface area contributed by atoms with Crippen LogP contribution in [0.3, 0.4) is 0 Å². The molecule has 170 valence electrons. The van der Waals surface area contributed by atoms with Gasteiger partial charge in [0.15, 0.2) is 0 Å². The standard InChI is InChI=1S/C25H32N4O3/c1-27-11-13-29(14-12-27)21-9-7-19(8-10-21)15-26-24(30)22-17-28(18-23(22)25(31)32)16-20-5-3-2-4-6-20/h2-10,22-23H,11-18H2,1H3,(H,26,30)(H,31,32). The molecule has 2 N–H and O–H groups in total. The quantitative estimate of drug-likeness (QED) is 0.690. The van der Waals surface area contributed by atoms with Crippen molar-refractivity contribution in [3.05, 3.63) is 65.7 Å². The fourth-order valence-electron chi connectivity index (χ4n) is 4.58. The third-order valence-corrected chi connectivity index (χ3v) is 6.57. The normalized spacial score (nSPS) is 22.1. The first-order valence-electron chi connectivity index (χ1n) is 11.3. The number of benzene rings is 2. The van der Waals surface area contributed by atoms with Gasteiger partial charge in [-0.2, -0.15) is 0 Å². The molecule has 0 aliphatic carbocycles. The predicted molar refractivity (Wildman–Crippen MR) is 124 cm³/mol. The highest BCUT2D eigenvalue weighted by Crippen LogP contribution is 2.26. The number of aliphatic carboxylic acids is 1. The Balaban J connectivity index is 1.31. The zero-order valence-electron chi connectivity index (χ0n) is 18.6. The summed E-state index contributed by atoms with van der Waals surface area (Å²) >= 11 is 0. The molecule has 1 amide bonds. The topological polar surface area (TPSA) is 76.1 Å². The fourth-order valence-corrected chi connectivity index (χ4v) is 4.58. The van der Waals surface area contributed by atoms with Gasteiger partial charge in [-0.3, -0.25) is 14.5 Å². The van der Waals surface area contributed by atoms with E-state index in [-0.39, 0.29) is 5.91 Å². The number of piperazine rings is 1. The van der Waals surface area contributed by atoms with Gasteiger partial charge in [-0.25, -0.2) is 0 Å². The SMILES string of the molecule is CN1CCN(c2ccc(CNC(=O)C3CN(Cc4ccccc4)CC3C(=O)O)cc2)CC1. The van der Waals surface area contributed by atoms with E-state index in [1.54, 1.807) is 0 Å². The van der Waals surface area contributed by atoms with Gasteiger partial charge < -0.3 is 20.2 Å². The highest BCUT2D eigenvalue weighted by atomic mass is 16.4. The average Bonchev–Trinajstić information content (AvgIpc) is 3.23. The number of rotatable bonds is 7. The lowest BCUT2D eigenvalue weighted by atomic mass is 9.95. The van der Waals surface area contributed by atoms with E-state index in [0.717, 1.165) is 37.3 Å². The van der Waals surface area contributed by atoms with Crippen LogP contribution in [0.4, 0.5) is 5.69 Å². The van der Waals surface area contributed by atoms with Crippen LogP contribution in [0.5, 0.6) is 0 Å². The van der Waals surface area contributed by atoms with Crippen LogP contribution >= 0.6 is 0 Å². The summed E-state index contributed by atoms with van der Waals surface area (Å²) in [6.07, 6.45) is 0. The second-order valence-electron chi connectivity index (χ2n) is 8.91. The average molecular weight is 437 g/mol.